The first-order valence-electron chi connectivity index (χ1n) is 9.43. The molecule has 0 saturated heterocycles. The average Bonchev–Trinajstić information content (AvgIpc) is 2.72. The topological polar surface area (TPSA) is 86.5 Å². The molecule has 0 aliphatic heterocycles. The lowest BCUT2D eigenvalue weighted by Crippen LogP contribution is -2.16. The molecule has 29 heavy (non-hydrogen) atoms. The van der Waals surface area contributed by atoms with Gasteiger partial charge >= 0.3 is 0 Å². The van der Waals surface area contributed by atoms with Gasteiger partial charge in [0.1, 0.15) is 17.3 Å². The van der Waals surface area contributed by atoms with E-state index in [0.717, 1.165) is 23.4 Å². The molecule has 0 bridgehead atoms. The smallest absolute Gasteiger partial charge is 0.259 e. The van der Waals surface area contributed by atoms with Gasteiger partial charge in [0.05, 0.1) is 17.9 Å². The molecule has 3 N–H and O–H groups in total. The lowest BCUT2D eigenvalue weighted by molar-refractivity contribution is 0.102. The second-order valence-electron chi connectivity index (χ2n) is 6.70. The van der Waals surface area contributed by atoms with Gasteiger partial charge in [0.15, 0.2) is 0 Å². The van der Waals surface area contributed by atoms with Gasteiger partial charge in [0, 0.05) is 12.8 Å². The van der Waals surface area contributed by atoms with Crippen molar-refractivity contribution in [3.8, 4) is 11.5 Å². The van der Waals surface area contributed by atoms with E-state index in [9.17, 15) is 4.79 Å². The molecule has 0 unspecified atom stereocenters. The standard InChI is InChI=1S/C23H25N3O3/c1-4-16-6-5-7-19(13-16)29-18-10-8-17(9-11-18)25-23(27)20-12-15(2)21(14-28-3)26-22(20)24/h5-13H,4,14H2,1-3H3,(H2,24,26)(H,25,27). The minimum Gasteiger partial charge on any atom is -0.457 e. The molecule has 1 aromatic heterocycles. The first-order valence-corrected chi connectivity index (χ1v) is 9.43. The van der Waals surface area contributed by atoms with Gasteiger partial charge in [-0.2, -0.15) is 0 Å². The number of carbonyl (C=O) groups is 1. The fourth-order valence-corrected chi connectivity index (χ4v) is 2.90. The van der Waals surface area contributed by atoms with Crippen molar-refractivity contribution in [3.05, 3.63) is 77.0 Å². The maximum absolute atomic E-state index is 12.6. The number of rotatable bonds is 7. The molecule has 6 nitrogen and oxygen atoms in total. The average molecular weight is 391 g/mol. The van der Waals surface area contributed by atoms with E-state index in [1.165, 1.54) is 5.56 Å². The highest BCUT2D eigenvalue weighted by Crippen LogP contribution is 2.25. The Kier molecular flexibility index (Phi) is 6.46. The molecule has 1 amide bonds. The fraction of sp³-hybridized carbons (Fsp3) is 0.217. The summed E-state index contributed by atoms with van der Waals surface area (Å²) in [6, 6.07) is 16.9. The van der Waals surface area contributed by atoms with Crippen LogP contribution < -0.4 is 15.8 Å². The van der Waals surface area contributed by atoms with Gasteiger partial charge in [-0.05, 0) is 66.9 Å². The van der Waals surface area contributed by atoms with Crippen LogP contribution in [-0.2, 0) is 17.8 Å². The molecule has 0 atom stereocenters. The number of nitrogen functional groups attached to an aromatic ring is 1. The number of aryl methyl sites for hydroxylation is 2. The number of aromatic nitrogens is 1. The minimum atomic E-state index is -0.314. The predicted molar refractivity (Wildman–Crippen MR) is 114 cm³/mol. The Morgan fingerprint density at radius 1 is 1.10 bits per heavy atom. The summed E-state index contributed by atoms with van der Waals surface area (Å²) in [5, 5.41) is 2.84. The summed E-state index contributed by atoms with van der Waals surface area (Å²) in [6.07, 6.45) is 0.950. The normalized spacial score (nSPS) is 10.6. The number of nitrogens with zero attached hydrogens (tertiary/aromatic N) is 1. The third kappa shape index (κ3) is 5.12. The minimum absolute atomic E-state index is 0.177. The summed E-state index contributed by atoms with van der Waals surface area (Å²) >= 11 is 0. The van der Waals surface area contributed by atoms with E-state index in [1.807, 2.05) is 37.3 Å². The molecule has 3 rings (SSSR count). The van der Waals surface area contributed by atoms with Crippen molar-refractivity contribution >= 4 is 17.4 Å². The van der Waals surface area contributed by atoms with Crippen molar-refractivity contribution in [2.24, 2.45) is 0 Å². The summed E-state index contributed by atoms with van der Waals surface area (Å²) in [5.74, 6) is 1.34. The number of nitrogens with one attached hydrogen (secondary N) is 1. The number of benzene rings is 2. The molecule has 0 aliphatic carbocycles. The van der Waals surface area contributed by atoms with E-state index in [4.69, 9.17) is 15.2 Å². The maximum atomic E-state index is 12.6. The number of methoxy groups -OCH3 is 1. The molecule has 1 heterocycles. The van der Waals surface area contributed by atoms with Gasteiger partial charge < -0.3 is 20.5 Å². The van der Waals surface area contributed by atoms with E-state index >= 15 is 0 Å². The highest BCUT2D eigenvalue weighted by atomic mass is 16.5. The van der Waals surface area contributed by atoms with Crippen molar-refractivity contribution in [1.29, 1.82) is 0 Å². The Labute approximate surface area is 170 Å². The number of hydrogen-bond donors (Lipinski definition) is 2. The van der Waals surface area contributed by atoms with E-state index < -0.39 is 0 Å². The lowest BCUT2D eigenvalue weighted by Gasteiger charge is -2.12. The summed E-state index contributed by atoms with van der Waals surface area (Å²) in [6.45, 7) is 4.32. The third-order valence-electron chi connectivity index (χ3n) is 4.53. The summed E-state index contributed by atoms with van der Waals surface area (Å²) < 4.78 is 11.0. The van der Waals surface area contributed by atoms with Gasteiger partial charge in [-0.3, -0.25) is 4.79 Å². The molecule has 150 valence electrons. The number of ether oxygens (including phenoxy) is 2. The number of anilines is 2. The Balaban J connectivity index is 1.69. The maximum Gasteiger partial charge on any atom is 0.259 e. The number of pyridine rings is 1. The molecule has 6 heteroatoms. The third-order valence-corrected chi connectivity index (χ3v) is 4.53. The van der Waals surface area contributed by atoms with E-state index in [-0.39, 0.29) is 11.7 Å². The predicted octanol–water partition coefficient (Wildman–Crippen LogP) is 4.73. The van der Waals surface area contributed by atoms with Crippen LogP contribution in [0.15, 0.2) is 54.6 Å². The molecule has 2 aromatic carbocycles. The van der Waals surface area contributed by atoms with Gasteiger partial charge in [-0.1, -0.05) is 19.1 Å². The highest BCUT2D eigenvalue weighted by Gasteiger charge is 2.14. The Morgan fingerprint density at radius 2 is 1.86 bits per heavy atom. The first-order chi connectivity index (χ1) is 14.0. The lowest BCUT2D eigenvalue weighted by atomic mass is 10.1. The van der Waals surface area contributed by atoms with Crippen LogP contribution in [0.2, 0.25) is 0 Å². The van der Waals surface area contributed by atoms with Gasteiger partial charge in [0.2, 0.25) is 0 Å². The summed E-state index contributed by atoms with van der Waals surface area (Å²) in [4.78, 5) is 16.9. The number of carbonyl (C=O) groups excluding carboxylic acids is 1. The second kappa shape index (κ2) is 9.21. The molecular weight excluding hydrogens is 366 g/mol. The SMILES string of the molecule is CCc1cccc(Oc2ccc(NC(=O)c3cc(C)c(COC)nc3N)cc2)c1. The number of hydrogen-bond acceptors (Lipinski definition) is 5. The Hall–Kier alpha value is -3.38. The van der Waals surface area contributed by atoms with Crippen molar-refractivity contribution in [1.82, 2.24) is 4.98 Å². The summed E-state index contributed by atoms with van der Waals surface area (Å²) in [5.41, 5.74) is 9.72. The molecule has 0 saturated carbocycles. The molecular formula is C23H25N3O3. The van der Waals surface area contributed by atoms with Crippen LogP contribution in [0.25, 0.3) is 0 Å². The first kappa shape index (κ1) is 20.4. The number of amides is 1. The highest BCUT2D eigenvalue weighted by molar-refractivity contribution is 6.07. The van der Waals surface area contributed by atoms with E-state index in [0.29, 0.717) is 23.6 Å². The second-order valence-corrected chi connectivity index (χ2v) is 6.70. The molecule has 0 aliphatic rings. The molecule has 3 aromatic rings. The van der Waals surface area contributed by atoms with Crippen LogP contribution in [0.5, 0.6) is 11.5 Å². The van der Waals surface area contributed by atoms with E-state index in [2.05, 4.69) is 23.3 Å². The molecule has 0 radical (unpaired) electrons. The van der Waals surface area contributed by atoms with Crippen molar-refractivity contribution in [2.75, 3.05) is 18.2 Å². The Morgan fingerprint density at radius 3 is 2.55 bits per heavy atom. The summed E-state index contributed by atoms with van der Waals surface area (Å²) in [7, 11) is 1.59. The van der Waals surface area contributed by atoms with Crippen LogP contribution >= 0.6 is 0 Å². The van der Waals surface area contributed by atoms with Crippen LogP contribution in [0.4, 0.5) is 11.5 Å². The number of nitrogens with two attached hydrogens (primary N) is 1. The van der Waals surface area contributed by atoms with Crippen molar-refractivity contribution < 1.29 is 14.3 Å². The quantitative estimate of drug-likeness (QED) is 0.608. The van der Waals surface area contributed by atoms with Crippen LogP contribution in [-0.4, -0.2) is 18.0 Å². The Bertz CT molecular complexity index is 1000. The van der Waals surface area contributed by atoms with Gasteiger partial charge in [-0.25, -0.2) is 4.98 Å². The zero-order chi connectivity index (χ0) is 20.8. The zero-order valence-electron chi connectivity index (χ0n) is 16.9. The largest absolute Gasteiger partial charge is 0.457 e. The van der Waals surface area contributed by atoms with Crippen LogP contribution in [0.1, 0.15) is 34.1 Å². The fourth-order valence-electron chi connectivity index (χ4n) is 2.90. The monoisotopic (exact) mass is 391 g/mol. The van der Waals surface area contributed by atoms with Gasteiger partial charge in [0.25, 0.3) is 5.91 Å². The van der Waals surface area contributed by atoms with Crippen molar-refractivity contribution in [3.63, 3.8) is 0 Å². The molecule has 0 spiro atoms. The molecule has 0 fully saturated rings. The van der Waals surface area contributed by atoms with E-state index in [1.54, 1.807) is 25.3 Å². The zero-order valence-corrected chi connectivity index (χ0v) is 16.9. The van der Waals surface area contributed by atoms with Crippen LogP contribution in [0, 0.1) is 6.92 Å². The van der Waals surface area contributed by atoms with Crippen molar-refractivity contribution in [2.45, 2.75) is 26.9 Å². The van der Waals surface area contributed by atoms with Gasteiger partial charge in [-0.15, -0.1) is 0 Å². The van der Waals surface area contributed by atoms with Crippen LogP contribution in [0.3, 0.4) is 0 Å².